The molecule has 0 aromatic heterocycles. The van der Waals surface area contributed by atoms with E-state index in [1.807, 2.05) is 18.2 Å². The van der Waals surface area contributed by atoms with Crippen LogP contribution in [0, 0.1) is 10.1 Å². The number of nitro groups is 1. The first-order valence-corrected chi connectivity index (χ1v) is 7.18. The quantitative estimate of drug-likeness (QED) is 0.614. The van der Waals surface area contributed by atoms with E-state index in [0.717, 1.165) is 10.2 Å². The molecule has 0 radical (unpaired) electrons. The number of nitro benzene ring substituents is 1. The molecule has 0 saturated heterocycles. The highest BCUT2D eigenvalue weighted by Crippen LogP contribution is 2.29. The maximum Gasteiger partial charge on any atom is 0.275 e. The van der Waals surface area contributed by atoms with Crippen molar-refractivity contribution in [3.63, 3.8) is 0 Å². The number of ether oxygens (including phenoxy) is 1. The topological polar surface area (TPSA) is 64.4 Å². The summed E-state index contributed by atoms with van der Waals surface area (Å²) in [6, 6.07) is 10.1. The fraction of sp³-hybridized carbons (Fsp3) is 0.143. The smallest absolute Gasteiger partial charge is 0.275 e. The number of hydrogen-bond acceptors (Lipinski definition) is 4. The summed E-state index contributed by atoms with van der Waals surface area (Å²) < 4.78 is 6.04. The second kappa shape index (κ2) is 6.78. The Morgan fingerprint density at radius 2 is 2.10 bits per heavy atom. The molecule has 2 aromatic carbocycles. The highest BCUT2D eigenvalue weighted by atomic mass is 79.9. The average molecular weight is 372 g/mol. The van der Waals surface area contributed by atoms with Crippen molar-refractivity contribution in [2.75, 3.05) is 12.4 Å². The van der Waals surface area contributed by atoms with E-state index in [1.165, 1.54) is 6.07 Å². The van der Waals surface area contributed by atoms with Crippen LogP contribution < -0.4 is 10.1 Å². The van der Waals surface area contributed by atoms with Gasteiger partial charge >= 0.3 is 0 Å². The third-order valence-corrected chi connectivity index (χ3v) is 3.77. The van der Waals surface area contributed by atoms with Crippen molar-refractivity contribution >= 4 is 38.9 Å². The summed E-state index contributed by atoms with van der Waals surface area (Å²) >= 11 is 9.16. The Morgan fingerprint density at radius 1 is 1.33 bits per heavy atom. The van der Waals surface area contributed by atoms with Gasteiger partial charge in [0.15, 0.2) is 0 Å². The first-order valence-electron chi connectivity index (χ1n) is 6.01. The van der Waals surface area contributed by atoms with Crippen molar-refractivity contribution in [3.05, 3.63) is 61.6 Å². The highest BCUT2D eigenvalue weighted by molar-refractivity contribution is 9.10. The molecule has 21 heavy (non-hydrogen) atoms. The van der Waals surface area contributed by atoms with Gasteiger partial charge in [-0.2, -0.15) is 0 Å². The Hall–Kier alpha value is -1.79. The van der Waals surface area contributed by atoms with Crippen LogP contribution in [0.4, 0.5) is 11.4 Å². The maximum absolute atomic E-state index is 11.0. The summed E-state index contributed by atoms with van der Waals surface area (Å²) in [5.41, 5.74) is 1.37. The Balaban J connectivity index is 2.18. The molecule has 0 aliphatic rings. The molecule has 0 bridgehead atoms. The summed E-state index contributed by atoms with van der Waals surface area (Å²) in [6.07, 6.45) is 0. The number of rotatable bonds is 5. The van der Waals surface area contributed by atoms with E-state index >= 15 is 0 Å². The Bertz CT molecular complexity index is 679. The van der Waals surface area contributed by atoms with Crippen molar-refractivity contribution in [1.82, 2.24) is 0 Å². The number of nitrogens with zero attached hydrogens (tertiary/aromatic N) is 1. The van der Waals surface area contributed by atoms with Gasteiger partial charge in [-0.1, -0.05) is 11.6 Å². The predicted molar refractivity (Wildman–Crippen MR) is 86.1 cm³/mol. The van der Waals surface area contributed by atoms with E-state index in [1.54, 1.807) is 19.2 Å². The number of halogens is 2. The number of benzene rings is 2. The molecule has 0 aliphatic heterocycles. The first-order chi connectivity index (χ1) is 10.0. The molecule has 7 heteroatoms. The summed E-state index contributed by atoms with van der Waals surface area (Å²) in [5.74, 6) is 0.686. The van der Waals surface area contributed by atoms with Crippen LogP contribution in [0.25, 0.3) is 0 Å². The standard InChI is InChI=1S/C14H12BrClN2O3/c1-21-14-7-11(4-5-12(14)15)17-8-9-2-3-10(16)6-13(9)18(19)20/h2-7,17H,8H2,1H3. The van der Waals surface area contributed by atoms with Gasteiger partial charge in [-0.15, -0.1) is 0 Å². The number of anilines is 1. The number of nitrogens with one attached hydrogen (secondary N) is 1. The van der Waals surface area contributed by atoms with Crippen LogP contribution in [0.1, 0.15) is 5.56 Å². The molecule has 110 valence electrons. The van der Waals surface area contributed by atoms with Crippen LogP contribution >= 0.6 is 27.5 Å². The van der Waals surface area contributed by atoms with Crippen LogP contribution in [-0.4, -0.2) is 12.0 Å². The van der Waals surface area contributed by atoms with Gasteiger partial charge in [-0.25, -0.2) is 0 Å². The number of methoxy groups -OCH3 is 1. The molecule has 0 fully saturated rings. The SMILES string of the molecule is COc1cc(NCc2ccc(Cl)cc2[N+](=O)[O-])ccc1Br. The van der Waals surface area contributed by atoms with Crippen LogP contribution in [0.15, 0.2) is 40.9 Å². The Kier molecular flexibility index (Phi) is 5.03. The molecule has 2 rings (SSSR count). The molecule has 0 aliphatic carbocycles. The van der Waals surface area contributed by atoms with E-state index in [0.29, 0.717) is 22.9 Å². The summed E-state index contributed by atoms with van der Waals surface area (Å²) in [6.45, 7) is 0.318. The second-order valence-electron chi connectivity index (χ2n) is 4.23. The normalized spacial score (nSPS) is 10.2. The minimum absolute atomic E-state index is 0.000855. The van der Waals surface area contributed by atoms with Crippen molar-refractivity contribution in [2.24, 2.45) is 0 Å². The third kappa shape index (κ3) is 3.86. The zero-order valence-electron chi connectivity index (χ0n) is 11.1. The van der Waals surface area contributed by atoms with Gasteiger partial charge in [-0.05, 0) is 40.2 Å². The van der Waals surface area contributed by atoms with Gasteiger partial charge in [0.05, 0.1) is 16.5 Å². The number of hydrogen-bond donors (Lipinski definition) is 1. The zero-order valence-corrected chi connectivity index (χ0v) is 13.4. The fourth-order valence-corrected chi connectivity index (χ4v) is 2.40. The zero-order chi connectivity index (χ0) is 15.4. The van der Waals surface area contributed by atoms with Crippen molar-refractivity contribution in [1.29, 1.82) is 0 Å². The molecular weight excluding hydrogens is 360 g/mol. The monoisotopic (exact) mass is 370 g/mol. The molecule has 0 atom stereocenters. The average Bonchev–Trinajstić information content (AvgIpc) is 2.47. The lowest BCUT2D eigenvalue weighted by molar-refractivity contribution is -0.385. The van der Waals surface area contributed by atoms with Crippen LogP contribution in [0.5, 0.6) is 5.75 Å². The summed E-state index contributed by atoms with van der Waals surface area (Å²) in [5, 5.41) is 14.5. The molecule has 0 unspecified atom stereocenters. The highest BCUT2D eigenvalue weighted by Gasteiger charge is 2.14. The van der Waals surface area contributed by atoms with Gasteiger partial charge in [-0.3, -0.25) is 10.1 Å². The molecule has 1 N–H and O–H groups in total. The molecule has 0 saturated carbocycles. The second-order valence-corrected chi connectivity index (χ2v) is 5.52. The van der Waals surface area contributed by atoms with Crippen LogP contribution in [0.2, 0.25) is 5.02 Å². The molecule has 0 amide bonds. The predicted octanol–water partition coefficient (Wildman–Crippen LogP) is 4.63. The van der Waals surface area contributed by atoms with Crippen molar-refractivity contribution in [3.8, 4) is 5.75 Å². The van der Waals surface area contributed by atoms with E-state index in [2.05, 4.69) is 21.2 Å². The summed E-state index contributed by atoms with van der Waals surface area (Å²) in [7, 11) is 1.58. The molecule has 2 aromatic rings. The molecular formula is C14H12BrClN2O3. The minimum atomic E-state index is -0.439. The first kappa shape index (κ1) is 15.6. The lowest BCUT2D eigenvalue weighted by Gasteiger charge is -2.10. The van der Waals surface area contributed by atoms with Crippen molar-refractivity contribution < 1.29 is 9.66 Å². The van der Waals surface area contributed by atoms with E-state index in [-0.39, 0.29) is 5.69 Å². The lowest BCUT2D eigenvalue weighted by atomic mass is 10.1. The van der Waals surface area contributed by atoms with Gasteiger partial charge in [0.1, 0.15) is 5.75 Å². The Labute approximate surface area is 135 Å². The lowest BCUT2D eigenvalue weighted by Crippen LogP contribution is -2.03. The molecule has 5 nitrogen and oxygen atoms in total. The van der Waals surface area contributed by atoms with E-state index in [4.69, 9.17) is 16.3 Å². The summed E-state index contributed by atoms with van der Waals surface area (Å²) in [4.78, 5) is 10.6. The van der Waals surface area contributed by atoms with Crippen molar-refractivity contribution in [2.45, 2.75) is 6.54 Å². The fourth-order valence-electron chi connectivity index (χ4n) is 1.82. The molecule has 0 spiro atoms. The third-order valence-electron chi connectivity index (χ3n) is 2.88. The van der Waals surface area contributed by atoms with Gasteiger partial charge in [0.25, 0.3) is 5.69 Å². The largest absolute Gasteiger partial charge is 0.495 e. The van der Waals surface area contributed by atoms with Gasteiger partial charge < -0.3 is 10.1 Å². The molecule has 0 heterocycles. The Morgan fingerprint density at radius 3 is 2.76 bits per heavy atom. The van der Waals surface area contributed by atoms with Crippen LogP contribution in [0.3, 0.4) is 0 Å². The van der Waals surface area contributed by atoms with E-state index < -0.39 is 4.92 Å². The minimum Gasteiger partial charge on any atom is -0.495 e. The van der Waals surface area contributed by atoms with E-state index in [9.17, 15) is 10.1 Å². The maximum atomic E-state index is 11.0. The van der Waals surface area contributed by atoms with Gasteiger partial charge in [0.2, 0.25) is 0 Å². The van der Waals surface area contributed by atoms with Crippen LogP contribution in [-0.2, 0) is 6.54 Å². The van der Waals surface area contributed by atoms with Gasteiger partial charge in [0, 0.05) is 35.0 Å².